The molecule has 0 aromatic heterocycles. The Hall–Kier alpha value is -2.71. The summed E-state index contributed by atoms with van der Waals surface area (Å²) in [4.78, 5) is 28.1. The lowest BCUT2D eigenvalue weighted by atomic mass is 9.95. The van der Waals surface area contributed by atoms with E-state index in [0.29, 0.717) is 12.1 Å². The van der Waals surface area contributed by atoms with Gasteiger partial charge in [-0.05, 0) is 70.5 Å². The molecule has 176 valence electrons. The van der Waals surface area contributed by atoms with Crippen LogP contribution in [0.25, 0.3) is 0 Å². The second-order valence-electron chi connectivity index (χ2n) is 9.64. The van der Waals surface area contributed by atoms with Crippen molar-refractivity contribution in [2.45, 2.75) is 39.7 Å². The number of carbonyl (C=O) groups excluding carboxylic acids is 2. The number of aryl methyl sites for hydroxylation is 1. The summed E-state index contributed by atoms with van der Waals surface area (Å²) in [7, 11) is -3.77. The summed E-state index contributed by atoms with van der Waals surface area (Å²) in [6.45, 7) is 7.72. The Morgan fingerprint density at radius 2 is 1.76 bits per heavy atom. The van der Waals surface area contributed by atoms with Crippen LogP contribution in [-0.4, -0.2) is 50.5 Å². The predicted molar refractivity (Wildman–Crippen MR) is 129 cm³/mol. The summed E-state index contributed by atoms with van der Waals surface area (Å²) < 4.78 is 26.1. The van der Waals surface area contributed by atoms with Gasteiger partial charge >= 0.3 is 0 Å². The van der Waals surface area contributed by atoms with Crippen LogP contribution in [-0.2, 0) is 14.8 Å². The lowest BCUT2D eigenvalue weighted by Crippen LogP contribution is -2.37. The quantitative estimate of drug-likeness (QED) is 0.702. The monoisotopic (exact) mass is 469 g/mol. The number of carbonyl (C=O) groups is 2. The molecule has 1 unspecified atom stereocenters. The molecule has 2 aromatic rings. The maximum Gasteiger partial charge on any atom is 0.251 e. The molecule has 0 spiro atoms. The van der Waals surface area contributed by atoms with Gasteiger partial charge in [0.25, 0.3) is 5.91 Å². The van der Waals surface area contributed by atoms with Crippen LogP contribution in [0, 0.1) is 12.3 Å². The predicted octanol–water partition coefficient (Wildman–Crippen LogP) is 3.26. The van der Waals surface area contributed by atoms with Crippen molar-refractivity contribution in [3.05, 3.63) is 65.2 Å². The normalized spacial score (nSPS) is 20.7. The van der Waals surface area contributed by atoms with Crippen molar-refractivity contribution in [1.82, 2.24) is 10.2 Å². The molecule has 1 N–H and O–H groups in total. The number of rotatable bonds is 6. The molecule has 2 heterocycles. The largest absolute Gasteiger partial charge is 0.350 e. The van der Waals surface area contributed by atoms with Crippen molar-refractivity contribution >= 4 is 27.5 Å². The fraction of sp³-hybridized carbons (Fsp3) is 0.440. The van der Waals surface area contributed by atoms with Gasteiger partial charge in [0.05, 0.1) is 22.9 Å². The molecule has 2 saturated heterocycles. The van der Waals surface area contributed by atoms with Crippen molar-refractivity contribution in [2.24, 2.45) is 5.41 Å². The average Bonchev–Trinajstić information content (AvgIpc) is 3.34. The maximum atomic E-state index is 13.0. The van der Waals surface area contributed by atoms with Crippen LogP contribution < -0.4 is 9.62 Å². The SMILES string of the molecule is Cc1ccc(C(CNC(=O)c2cccc(N3C(=O)C(C)(C)CS3(=O)=O)c2)N2CCCC2)cc1. The van der Waals surface area contributed by atoms with Gasteiger partial charge in [0.15, 0.2) is 0 Å². The number of amides is 2. The van der Waals surface area contributed by atoms with E-state index in [0.717, 1.165) is 35.8 Å². The molecule has 0 saturated carbocycles. The summed E-state index contributed by atoms with van der Waals surface area (Å²) >= 11 is 0. The second-order valence-corrected chi connectivity index (χ2v) is 11.5. The lowest BCUT2D eigenvalue weighted by molar-refractivity contribution is -0.123. The van der Waals surface area contributed by atoms with Crippen LogP contribution in [0.2, 0.25) is 0 Å². The van der Waals surface area contributed by atoms with Crippen molar-refractivity contribution < 1.29 is 18.0 Å². The Morgan fingerprint density at radius 1 is 1.09 bits per heavy atom. The minimum atomic E-state index is -3.77. The third-order valence-electron chi connectivity index (χ3n) is 6.43. The smallest absolute Gasteiger partial charge is 0.251 e. The topological polar surface area (TPSA) is 86.8 Å². The zero-order valence-corrected chi connectivity index (χ0v) is 20.2. The number of hydrogen-bond acceptors (Lipinski definition) is 5. The first-order valence-corrected chi connectivity index (χ1v) is 13.0. The molecule has 2 amide bonds. The molecule has 2 aliphatic rings. The van der Waals surface area contributed by atoms with Crippen molar-refractivity contribution in [3.63, 3.8) is 0 Å². The molecule has 0 aliphatic carbocycles. The van der Waals surface area contributed by atoms with E-state index in [1.54, 1.807) is 32.0 Å². The van der Waals surface area contributed by atoms with Gasteiger partial charge in [-0.3, -0.25) is 14.5 Å². The van der Waals surface area contributed by atoms with Crippen LogP contribution in [0.1, 0.15) is 54.2 Å². The number of hydrogen-bond donors (Lipinski definition) is 1. The molecule has 4 rings (SSSR count). The summed E-state index contributed by atoms with van der Waals surface area (Å²) in [6.07, 6.45) is 2.29. The zero-order valence-electron chi connectivity index (χ0n) is 19.4. The van der Waals surface area contributed by atoms with Crippen molar-refractivity contribution in [1.29, 1.82) is 0 Å². The third-order valence-corrected chi connectivity index (χ3v) is 8.45. The van der Waals surface area contributed by atoms with Crippen LogP contribution in [0.5, 0.6) is 0 Å². The number of nitrogens with zero attached hydrogens (tertiary/aromatic N) is 2. The maximum absolute atomic E-state index is 13.0. The van der Waals surface area contributed by atoms with E-state index >= 15 is 0 Å². The molecule has 8 heteroatoms. The first kappa shape index (κ1) is 23.4. The van der Waals surface area contributed by atoms with Gasteiger partial charge in [0.2, 0.25) is 15.9 Å². The first-order chi connectivity index (χ1) is 15.6. The summed E-state index contributed by atoms with van der Waals surface area (Å²) in [5, 5.41) is 3.02. The molecular formula is C25H31N3O4S. The highest BCUT2D eigenvalue weighted by Crippen LogP contribution is 2.36. The highest BCUT2D eigenvalue weighted by atomic mass is 32.2. The van der Waals surface area contributed by atoms with E-state index in [1.807, 2.05) is 0 Å². The van der Waals surface area contributed by atoms with Gasteiger partial charge in [-0.2, -0.15) is 0 Å². The number of anilines is 1. The Morgan fingerprint density at radius 3 is 2.36 bits per heavy atom. The fourth-order valence-electron chi connectivity index (χ4n) is 4.63. The van der Waals surface area contributed by atoms with Crippen LogP contribution in [0.3, 0.4) is 0 Å². The van der Waals surface area contributed by atoms with E-state index < -0.39 is 21.3 Å². The van der Waals surface area contributed by atoms with Crippen LogP contribution in [0.15, 0.2) is 48.5 Å². The summed E-state index contributed by atoms with van der Waals surface area (Å²) in [6, 6.07) is 14.7. The van der Waals surface area contributed by atoms with Crippen LogP contribution in [0.4, 0.5) is 5.69 Å². The Bertz CT molecular complexity index is 1150. The third kappa shape index (κ3) is 4.82. The van der Waals surface area contributed by atoms with Gasteiger partial charge in [-0.25, -0.2) is 12.7 Å². The Balaban J connectivity index is 1.52. The Kier molecular flexibility index (Phi) is 6.33. The molecule has 2 aromatic carbocycles. The number of sulfonamides is 1. The number of nitrogens with one attached hydrogen (secondary N) is 1. The van der Waals surface area contributed by atoms with Gasteiger partial charge < -0.3 is 5.32 Å². The van der Waals surface area contributed by atoms with Crippen molar-refractivity contribution in [2.75, 3.05) is 29.7 Å². The van der Waals surface area contributed by atoms with Gasteiger partial charge in [-0.1, -0.05) is 35.9 Å². The van der Waals surface area contributed by atoms with E-state index in [4.69, 9.17) is 0 Å². The number of benzene rings is 2. The Labute approximate surface area is 195 Å². The first-order valence-electron chi connectivity index (χ1n) is 11.3. The van der Waals surface area contributed by atoms with Gasteiger partial charge in [-0.15, -0.1) is 0 Å². The van der Waals surface area contributed by atoms with E-state index in [-0.39, 0.29) is 23.4 Å². The molecule has 7 nitrogen and oxygen atoms in total. The summed E-state index contributed by atoms with van der Waals surface area (Å²) in [5.41, 5.74) is 1.88. The van der Waals surface area contributed by atoms with E-state index in [1.165, 1.54) is 11.6 Å². The van der Waals surface area contributed by atoms with E-state index in [9.17, 15) is 18.0 Å². The standard InChI is InChI=1S/C25H31N3O4S/c1-18-9-11-19(12-10-18)22(27-13-4-5-14-27)16-26-23(29)20-7-6-8-21(15-20)28-24(30)25(2,3)17-33(28,31)32/h6-12,15,22H,4-5,13-14,16-17H2,1-3H3,(H,26,29). The molecule has 1 atom stereocenters. The van der Waals surface area contributed by atoms with E-state index in [2.05, 4.69) is 41.4 Å². The molecule has 2 fully saturated rings. The minimum Gasteiger partial charge on any atom is -0.350 e. The highest BCUT2D eigenvalue weighted by Gasteiger charge is 2.50. The molecular weight excluding hydrogens is 438 g/mol. The van der Waals surface area contributed by atoms with Crippen molar-refractivity contribution in [3.8, 4) is 0 Å². The number of likely N-dealkylation sites (tertiary alicyclic amines) is 1. The van der Waals surface area contributed by atoms with Gasteiger partial charge in [0, 0.05) is 12.1 Å². The average molecular weight is 470 g/mol. The summed E-state index contributed by atoms with van der Waals surface area (Å²) in [5.74, 6) is -1.02. The second kappa shape index (κ2) is 8.91. The minimum absolute atomic E-state index is 0.0709. The zero-order chi connectivity index (χ0) is 23.8. The van der Waals surface area contributed by atoms with Crippen LogP contribution >= 0.6 is 0 Å². The fourth-order valence-corrected chi connectivity index (χ4v) is 6.73. The lowest BCUT2D eigenvalue weighted by Gasteiger charge is -2.28. The molecule has 33 heavy (non-hydrogen) atoms. The highest BCUT2D eigenvalue weighted by molar-refractivity contribution is 7.94. The molecule has 2 aliphatic heterocycles. The molecule has 0 radical (unpaired) electrons. The van der Waals surface area contributed by atoms with Gasteiger partial charge in [0.1, 0.15) is 0 Å². The molecule has 0 bridgehead atoms.